The van der Waals surface area contributed by atoms with Gasteiger partial charge in [-0.3, -0.25) is 14.5 Å². The summed E-state index contributed by atoms with van der Waals surface area (Å²) in [4.78, 5) is 26.8. The highest BCUT2D eigenvalue weighted by Gasteiger charge is 2.67. The van der Waals surface area contributed by atoms with Crippen LogP contribution < -0.4 is 4.90 Å². The Morgan fingerprint density at radius 3 is 1.95 bits per heavy atom. The molecule has 2 saturated carbocycles. The van der Waals surface area contributed by atoms with Gasteiger partial charge in [0.25, 0.3) is 0 Å². The number of rotatable bonds is 1. The van der Waals surface area contributed by atoms with Crippen LogP contribution in [-0.2, 0) is 9.59 Å². The maximum atomic E-state index is 13.1. The maximum Gasteiger partial charge on any atom is 0.238 e. The van der Waals surface area contributed by atoms with Crippen LogP contribution in [0, 0.1) is 41.3 Å². The van der Waals surface area contributed by atoms with Crippen molar-refractivity contribution in [3.05, 3.63) is 42.2 Å². The molecule has 6 atom stereocenters. The average Bonchev–Trinajstić information content (AvgIpc) is 3.26. The molecule has 1 saturated heterocycles. The molecular weight excluding hydrogens is 269 g/mol. The topological polar surface area (TPSA) is 37.4 Å². The fourth-order valence-electron chi connectivity index (χ4n) is 4.80. The van der Waals surface area contributed by atoms with Gasteiger partial charge >= 0.3 is 0 Å². The summed E-state index contributed by atoms with van der Waals surface area (Å²) in [7, 11) is 0. The first kappa shape index (κ1) is 11.7. The first-order valence-electron chi connectivity index (χ1n) is 7.48. The van der Waals surface area contributed by atoms with Gasteiger partial charge in [0.05, 0.1) is 17.5 Å². The molecule has 4 heteroatoms. The van der Waals surface area contributed by atoms with Crippen molar-refractivity contribution in [2.24, 2.45) is 35.5 Å². The van der Waals surface area contributed by atoms with Crippen molar-refractivity contribution < 1.29 is 14.0 Å². The molecule has 5 aliphatic rings. The zero-order valence-corrected chi connectivity index (χ0v) is 11.3. The summed E-state index contributed by atoms with van der Waals surface area (Å²) in [6, 6.07) is 5.61. The van der Waals surface area contributed by atoms with Crippen molar-refractivity contribution in [3.63, 3.8) is 0 Å². The largest absolute Gasteiger partial charge is 0.274 e. The first-order valence-corrected chi connectivity index (χ1v) is 7.48. The Bertz CT molecular complexity index is 659. The van der Waals surface area contributed by atoms with E-state index in [4.69, 9.17) is 0 Å². The molecule has 0 N–H and O–H groups in total. The monoisotopic (exact) mass is 283 g/mol. The summed E-state index contributed by atoms with van der Waals surface area (Å²) in [6.07, 6.45) is 5.46. The van der Waals surface area contributed by atoms with Crippen LogP contribution >= 0.6 is 0 Å². The predicted molar refractivity (Wildman–Crippen MR) is 73.6 cm³/mol. The fraction of sp³-hybridized carbons (Fsp3) is 0.412. The molecule has 21 heavy (non-hydrogen) atoms. The van der Waals surface area contributed by atoms with Crippen molar-refractivity contribution in [2.75, 3.05) is 4.90 Å². The van der Waals surface area contributed by atoms with E-state index in [1.54, 1.807) is 0 Å². The molecular formula is C17H14FNO2. The molecule has 0 radical (unpaired) electrons. The van der Waals surface area contributed by atoms with Crippen LogP contribution in [0.1, 0.15) is 6.42 Å². The number of amides is 2. The smallest absolute Gasteiger partial charge is 0.238 e. The van der Waals surface area contributed by atoms with E-state index in [-0.39, 0.29) is 41.3 Å². The van der Waals surface area contributed by atoms with E-state index in [0.717, 1.165) is 6.42 Å². The zero-order valence-electron chi connectivity index (χ0n) is 11.3. The van der Waals surface area contributed by atoms with Crippen LogP contribution in [0.15, 0.2) is 36.4 Å². The lowest BCUT2D eigenvalue weighted by Gasteiger charge is -2.37. The molecule has 106 valence electrons. The van der Waals surface area contributed by atoms with Gasteiger partial charge in [-0.2, -0.15) is 0 Å². The van der Waals surface area contributed by atoms with Crippen LogP contribution in [0.5, 0.6) is 0 Å². The van der Waals surface area contributed by atoms with Gasteiger partial charge in [-0.05, 0) is 54.4 Å². The SMILES string of the molecule is O=C1[C@@H]2[C@H]3C=C[C@@H]([C@@H]4C[C@@H]34)[C@@H]2C(=O)N1c1ccc(F)cc1. The van der Waals surface area contributed by atoms with Gasteiger partial charge in [0, 0.05) is 0 Å². The van der Waals surface area contributed by atoms with Crippen molar-refractivity contribution >= 4 is 17.5 Å². The molecule has 0 aromatic heterocycles. The lowest BCUT2D eigenvalue weighted by Crippen LogP contribution is -2.40. The van der Waals surface area contributed by atoms with E-state index in [0.29, 0.717) is 17.5 Å². The molecule has 3 fully saturated rings. The second-order valence-corrected chi connectivity index (χ2v) is 6.64. The molecule has 1 aromatic carbocycles. The van der Waals surface area contributed by atoms with Crippen LogP contribution in [-0.4, -0.2) is 11.8 Å². The van der Waals surface area contributed by atoms with Gasteiger partial charge in [-0.25, -0.2) is 4.39 Å². The molecule has 2 amide bonds. The second kappa shape index (κ2) is 3.62. The number of nitrogens with zero attached hydrogens (tertiary/aromatic N) is 1. The summed E-state index contributed by atoms with van der Waals surface area (Å²) in [5.41, 5.74) is 0.494. The van der Waals surface area contributed by atoms with E-state index >= 15 is 0 Å². The molecule has 1 heterocycles. The van der Waals surface area contributed by atoms with Crippen LogP contribution in [0.25, 0.3) is 0 Å². The van der Waals surface area contributed by atoms with E-state index in [9.17, 15) is 14.0 Å². The number of anilines is 1. The summed E-state index contributed by atoms with van der Waals surface area (Å²) in [5.74, 6) is 0.722. The van der Waals surface area contributed by atoms with Gasteiger partial charge in [0.1, 0.15) is 5.82 Å². The molecule has 4 aliphatic carbocycles. The number of imide groups is 1. The van der Waals surface area contributed by atoms with Gasteiger partial charge in [0.2, 0.25) is 11.8 Å². The average molecular weight is 283 g/mol. The minimum atomic E-state index is -0.363. The molecule has 0 unspecified atom stereocenters. The first-order chi connectivity index (χ1) is 10.2. The number of halogens is 1. The Morgan fingerprint density at radius 2 is 1.43 bits per heavy atom. The quantitative estimate of drug-likeness (QED) is 0.586. The van der Waals surface area contributed by atoms with Crippen LogP contribution in [0.3, 0.4) is 0 Å². The Balaban J connectivity index is 1.58. The van der Waals surface area contributed by atoms with Gasteiger partial charge in [-0.15, -0.1) is 0 Å². The van der Waals surface area contributed by atoms with E-state index in [2.05, 4.69) is 12.2 Å². The predicted octanol–water partition coefficient (Wildman–Crippen LogP) is 2.38. The van der Waals surface area contributed by atoms with Crippen molar-refractivity contribution in [2.45, 2.75) is 6.42 Å². The third-order valence-corrected chi connectivity index (χ3v) is 5.75. The lowest BCUT2D eigenvalue weighted by atomic mass is 9.63. The van der Waals surface area contributed by atoms with Gasteiger partial charge in [0.15, 0.2) is 0 Å². The highest BCUT2D eigenvalue weighted by Crippen LogP contribution is 2.65. The number of allylic oxidation sites excluding steroid dienone is 2. The number of benzene rings is 1. The molecule has 1 aromatic rings. The summed E-state index contributed by atoms with van der Waals surface area (Å²) in [6.45, 7) is 0. The lowest BCUT2D eigenvalue weighted by molar-refractivity contribution is -0.124. The van der Waals surface area contributed by atoms with Gasteiger partial charge < -0.3 is 0 Å². The fourth-order valence-corrected chi connectivity index (χ4v) is 4.80. The summed E-state index contributed by atoms with van der Waals surface area (Å²) >= 11 is 0. The standard InChI is InChI=1S/C17H14FNO2/c18-8-1-3-9(4-2-8)19-16(20)14-10-5-6-11(13-7-12(10)13)15(14)17(19)21/h1-6,10-15H,7H2/t10-,11-,12-,13-,14-,15+/m0/s1. The van der Waals surface area contributed by atoms with Crippen LogP contribution in [0.2, 0.25) is 0 Å². The number of hydrogen-bond acceptors (Lipinski definition) is 2. The number of hydrogen-bond donors (Lipinski definition) is 0. The van der Waals surface area contributed by atoms with E-state index < -0.39 is 0 Å². The van der Waals surface area contributed by atoms with Crippen molar-refractivity contribution in [1.82, 2.24) is 0 Å². The second-order valence-electron chi connectivity index (χ2n) is 6.64. The Kier molecular flexibility index (Phi) is 2.01. The Morgan fingerprint density at radius 1 is 0.905 bits per heavy atom. The normalized spacial score (nSPS) is 42.2. The summed E-state index contributed by atoms with van der Waals surface area (Å²) in [5, 5.41) is 0. The third-order valence-electron chi connectivity index (χ3n) is 5.75. The molecule has 3 nitrogen and oxygen atoms in total. The minimum absolute atomic E-state index is 0.0960. The molecule has 6 rings (SSSR count). The number of carbonyl (C=O) groups is 2. The maximum absolute atomic E-state index is 13.1. The van der Waals surface area contributed by atoms with Crippen molar-refractivity contribution in [3.8, 4) is 0 Å². The van der Waals surface area contributed by atoms with E-state index in [1.807, 2.05) is 0 Å². The Labute approximate surface area is 121 Å². The highest BCUT2D eigenvalue weighted by molar-refractivity contribution is 6.22. The van der Waals surface area contributed by atoms with Crippen LogP contribution in [0.4, 0.5) is 10.1 Å². The molecule has 0 spiro atoms. The molecule has 1 aliphatic heterocycles. The number of carbonyl (C=O) groups excluding carboxylic acids is 2. The molecule has 2 bridgehead atoms. The highest BCUT2D eigenvalue weighted by atomic mass is 19.1. The minimum Gasteiger partial charge on any atom is -0.274 e. The third kappa shape index (κ3) is 1.33. The van der Waals surface area contributed by atoms with Crippen molar-refractivity contribution in [1.29, 1.82) is 0 Å². The van der Waals surface area contributed by atoms with Gasteiger partial charge in [-0.1, -0.05) is 12.2 Å². The summed E-state index contributed by atoms with van der Waals surface area (Å²) < 4.78 is 13.1. The Hall–Kier alpha value is -1.97. The van der Waals surface area contributed by atoms with E-state index in [1.165, 1.54) is 29.2 Å². The zero-order chi connectivity index (χ0) is 14.3.